The number of nitrogens with one attached hydrogen (secondary N) is 1. The van der Waals surface area contributed by atoms with E-state index in [1.807, 2.05) is 6.07 Å². The number of allylic oxidation sites excluding steroid dienone is 3. The first-order valence-electron chi connectivity index (χ1n) is 11.9. The first kappa shape index (κ1) is 26.9. The number of hydrogen-bond acceptors (Lipinski definition) is 3. The fourth-order valence-electron chi connectivity index (χ4n) is 4.48. The average molecular weight is 490 g/mol. The summed E-state index contributed by atoms with van der Waals surface area (Å²) >= 11 is 0. The van der Waals surface area contributed by atoms with Gasteiger partial charge in [-0.25, -0.2) is 13.2 Å². The first-order chi connectivity index (χ1) is 16.2. The third-order valence-corrected chi connectivity index (χ3v) is 7.86. The molecule has 0 saturated heterocycles. The first-order valence-corrected chi connectivity index (χ1v) is 11.9. The van der Waals surface area contributed by atoms with Crippen molar-refractivity contribution < 1.29 is 27.5 Å². The maximum atomic E-state index is 15.1. The monoisotopic (exact) mass is 489 g/mol. The normalized spacial score (nSPS) is 32.4. The van der Waals surface area contributed by atoms with Crippen molar-refractivity contribution in [2.24, 2.45) is 0 Å². The Morgan fingerprint density at radius 2 is 1.80 bits per heavy atom. The van der Waals surface area contributed by atoms with Crippen molar-refractivity contribution in [1.29, 1.82) is 0 Å². The summed E-state index contributed by atoms with van der Waals surface area (Å²) in [6, 6.07) is 5.26. The van der Waals surface area contributed by atoms with E-state index in [-0.39, 0.29) is 16.5 Å². The molecule has 0 spiro atoms. The van der Waals surface area contributed by atoms with Crippen molar-refractivity contribution in [2.75, 3.05) is 0 Å². The molecule has 1 aromatic carbocycles. The van der Waals surface area contributed by atoms with Gasteiger partial charge in [0.05, 0.1) is 5.56 Å². The highest BCUT2D eigenvalue weighted by molar-refractivity contribution is 6.02. The Labute approximate surface area is 205 Å². The summed E-state index contributed by atoms with van der Waals surface area (Å²) in [5, 5.41) is 2.74. The lowest BCUT2D eigenvalue weighted by molar-refractivity contribution is -0.359. The number of benzene rings is 1. The van der Waals surface area contributed by atoms with Crippen molar-refractivity contribution in [3.05, 3.63) is 71.0 Å². The predicted octanol–water partition coefficient (Wildman–Crippen LogP) is 6.62. The van der Waals surface area contributed by atoms with Crippen LogP contribution in [0, 0.1) is 0 Å². The summed E-state index contributed by atoms with van der Waals surface area (Å²) in [5.41, 5.74) is -4.73. The summed E-state index contributed by atoms with van der Waals surface area (Å²) < 4.78 is 49.4. The van der Waals surface area contributed by atoms with Crippen LogP contribution in [0.1, 0.15) is 87.1 Å². The summed E-state index contributed by atoms with van der Waals surface area (Å²) in [6.45, 7) is 9.67. The Kier molecular flexibility index (Phi) is 6.99. The number of ether oxygens (including phenoxy) is 1. The van der Waals surface area contributed by atoms with E-state index in [2.05, 4.69) is 26.1 Å². The molecule has 2 aliphatic carbocycles. The van der Waals surface area contributed by atoms with Gasteiger partial charge in [0, 0.05) is 17.7 Å². The highest BCUT2D eigenvalue weighted by atomic mass is 19.2. The number of hydrogen-bond donors (Lipinski definition) is 1. The minimum atomic E-state index is -2.80. The largest absolute Gasteiger partial charge is 0.328 e. The molecule has 1 N–H and O–H groups in total. The van der Waals surface area contributed by atoms with Gasteiger partial charge in [-0.05, 0) is 81.0 Å². The van der Waals surface area contributed by atoms with E-state index < -0.39 is 35.1 Å². The molecule has 0 aromatic heterocycles. The lowest BCUT2D eigenvalue weighted by Crippen LogP contribution is -2.73. The van der Waals surface area contributed by atoms with E-state index in [1.54, 1.807) is 24.3 Å². The van der Waals surface area contributed by atoms with E-state index >= 15 is 4.39 Å². The highest BCUT2D eigenvalue weighted by Gasteiger charge is 2.76. The molecule has 1 aromatic rings. The molecule has 0 heterocycles. The maximum Gasteiger partial charge on any atom is 0.256 e. The Bertz CT molecular complexity index is 1100. The van der Waals surface area contributed by atoms with Crippen LogP contribution < -0.4 is 5.32 Å². The van der Waals surface area contributed by atoms with Gasteiger partial charge in [-0.3, -0.25) is 9.59 Å². The zero-order chi connectivity index (χ0) is 26.3. The summed E-state index contributed by atoms with van der Waals surface area (Å²) in [7, 11) is 0. The number of halogens is 3. The van der Waals surface area contributed by atoms with Crippen LogP contribution in [0.2, 0.25) is 0 Å². The van der Waals surface area contributed by atoms with Gasteiger partial charge in [0.2, 0.25) is 0 Å². The summed E-state index contributed by atoms with van der Waals surface area (Å²) in [6.07, 6.45) is 9.31. The predicted molar refractivity (Wildman–Crippen MR) is 131 cm³/mol. The van der Waals surface area contributed by atoms with Crippen LogP contribution in [0.4, 0.5) is 13.2 Å². The Morgan fingerprint density at radius 3 is 2.34 bits per heavy atom. The highest BCUT2D eigenvalue weighted by Crippen LogP contribution is 2.59. The molecule has 4 unspecified atom stereocenters. The standard InChI is InChI=1S/C28H34F3NO3/c1-7-24(3,8-2)20-11-12-22(19(16-20)17-33)23(34)32-21-10-9-14-25(4,15-13-21)35-28(31)18-26(5,29)27(28,6)30/h9-17H,7-8,18H2,1-6H3,(H,32,34). The molecule has 0 bridgehead atoms. The zero-order valence-electron chi connectivity index (χ0n) is 21.2. The van der Waals surface area contributed by atoms with Gasteiger partial charge in [-0.1, -0.05) is 32.9 Å². The van der Waals surface area contributed by atoms with Crippen LogP contribution in [0.5, 0.6) is 0 Å². The molecule has 7 heteroatoms. The molecule has 1 fully saturated rings. The van der Waals surface area contributed by atoms with E-state index in [4.69, 9.17) is 4.74 Å². The maximum absolute atomic E-state index is 15.1. The van der Waals surface area contributed by atoms with Crippen LogP contribution >= 0.6 is 0 Å². The van der Waals surface area contributed by atoms with E-state index in [1.165, 1.54) is 25.2 Å². The van der Waals surface area contributed by atoms with Crippen LogP contribution in [-0.4, -0.2) is 35.0 Å². The molecule has 4 atom stereocenters. The van der Waals surface area contributed by atoms with Gasteiger partial charge in [0.25, 0.3) is 11.8 Å². The molecular formula is C28H34F3NO3. The lowest BCUT2D eigenvalue weighted by Gasteiger charge is -2.56. The van der Waals surface area contributed by atoms with Gasteiger partial charge in [0.15, 0.2) is 17.6 Å². The summed E-state index contributed by atoms with van der Waals surface area (Å²) in [5.74, 6) is -3.27. The smallest absolute Gasteiger partial charge is 0.256 e. The molecule has 4 nitrogen and oxygen atoms in total. The van der Waals surface area contributed by atoms with Crippen LogP contribution in [0.15, 0.2) is 54.3 Å². The second-order valence-corrected chi connectivity index (χ2v) is 10.3. The Balaban J connectivity index is 1.76. The zero-order valence-corrected chi connectivity index (χ0v) is 21.2. The molecule has 0 aliphatic heterocycles. The van der Waals surface area contributed by atoms with Gasteiger partial charge in [-0.15, -0.1) is 0 Å². The number of alkyl halides is 3. The molecule has 1 saturated carbocycles. The SMILES string of the molecule is CCC(C)(CC)c1ccc(C(=O)NC2=CC=CC(C)(OC3(F)CC(C)(F)C3(C)F)C=C2)c(C=O)c1. The van der Waals surface area contributed by atoms with Crippen molar-refractivity contribution >= 4 is 12.2 Å². The van der Waals surface area contributed by atoms with Crippen molar-refractivity contribution in [3.8, 4) is 0 Å². The van der Waals surface area contributed by atoms with Gasteiger partial charge in [-0.2, -0.15) is 0 Å². The third kappa shape index (κ3) is 4.75. The number of rotatable bonds is 8. The van der Waals surface area contributed by atoms with Crippen LogP contribution in [0.3, 0.4) is 0 Å². The molecule has 3 rings (SSSR count). The number of carbonyl (C=O) groups excluding carboxylic acids is 2. The van der Waals surface area contributed by atoms with E-state index in [0.717, 1.165) is 32.3 Å². The van der Waals surface area contributed by atoms with Crippen molar-refractivity contribution in [2.45, 2.75) is 89.0 Å². The van der Waals surface area contributed by atoms with Gasteiger partial charge in [0.1, 0.15) is 5.60 Å². The average Bonchev–Trinajstić information content (AvgIpc) is 2.98. The number of amides is 1. The second kappa shape index (κ2) is 9.08. The van der Waals surface area contributed by atoms with E-state index in [0.29, 0.717) is 12.0 Å². The lowest BCUT2D eigenvalue weighted by atomic mass is 9.65. The second-order valence-electron chi connectivity index (χ2n) is 10.3. The fourth-order valence-corrected chi connectivity index (χ4v) is 4.48. The van der Waals surface area contributed by atoms with Crippen LogP contribution in [0.25, 0.3) is 0 Å². The minimum Gasteiger partial charge on any atom is -0.328 e. The number of aldehydes is 1. The molecule has 190 valence electrons. The van der Waals surface area contributed by atoms with Gasteiger partial charge >= 0.3 is 0 Å². The summed E-state index contributed by atoms with van der Waals surface area (Å²) in [4.78, 5) is 24.7. The molecule has 1 amide bonds. The van der Waals surface area contributed by atoms with E-state index in [9.17, 15) is 18.4 Å². The third-order valence-electron chi connectivity index (χ3n) is 7.86. The molecule has 2 aliphatic rings. The Hall–Kier alpha value is -2.67. The topological polar surface area (TPSA) is 55.4 Å². The molecular weight excluding hydrogens is 455 g/mol. The fraction of sp³-hybridized carbons (Fsp3) is 0.500. The van der Waals surface area contributed by atoms with Gasteiger partial charge < -0.3 is 10.1 Å². The molecule has 35 heavy (non-hydrogen) atoms. The minimum absolute atomic E-state index is 0.0991. The Morgan fingerprint density at radius 1 is 1.14 bits per heavy atom. The number of carbonyl (C=O) groups is 2. The van der Waals surface area contributed by atoms with Crippen LogP contribution in [-0.2, 0) is 10.2 Å². The quantitative estimate of drug-likeness (QED) is 0.418. The van der Waals surface area contributed by atoms with Crippen molar-refractivity contribution in [1.82, 2.24) is 5.32 Å². The molecule has 0 radical (unpaired) electrons. The van der Waals surface area contributed by atoms with Crippen molar-refractivity contribution in [3.63, 3.8) is 0 Å².